The van der Waals surface area contributed by atoms with Crippen LogP contribution in [0.4, 0.5) is 0 Å². The minimum atomic E-state index is 0.0481. The first-order valence-electron chi connectivity index (χ1n) is 15.3. The lowest BCUT2D eigenvalue weighted by Crippen LogP contribution is -2.34. The average Bonchev–Trinajstić information content (AvgIpc) is 3.05. The van der Waals surface area contributed by atoms with Crippen LogP contribution in [0.1, 0.15) is 18.9 Å². The molecule has 3 aliphatic rings. The van der Waals surface area contributed by atoms with E-state index in [-0.39, 0.29) is 5.41 Å². The molecule has 0 radical (unpaired) electrons. The fraction of sp³-hybridized carbons (Fsp3) is 0.122. The molecule has 1 heterocycles. The minimum absolute atomic E-state index is 0.0481. The summed E-state index contributed by atoms with van der Waals surface area (Å²) in [5.74, 6) is 1.45. The topological polar surface area (TPSA) is 25.8 Å². The number of benzene rings is 4. The van der Waals surface area contributed by atoms with E-state index in [1.54, 1.807) is 0 Å². The Labute approximate surface area is 263 Å². The highest BCUT2D eigenvalue weighted by Gasteiger charge is 2.41. The highest BCUT2D eigenvalue weighted by atomic mass is 35.5. The molecule has 1 aromatic heterocycles. The summed E-state index contributed by atoms with van der Waals surface area (Å²) in [5.41, 5.74) is 7.82. The first kappa shape index (κ1) is 26.8. The van der Waals surface area contributed by atoms with E-state index in [2.05, 4.69) is 134 Å². The van der Waals surface area contributed by atoms with Crippen molar-refractivity contribution in [3.8, 4) is 22.6 Å². The van der Waals surface area contributed by atoms with Gasteiger partial charge in [0.1, 0.15) is 0 Å². The van der Waals surface area contributed by atoms with Crippen molar-refractivity contribution in [3.63, 3.8) is 0 Å². The van der Waals surface area contributed by atoms with E-state index in [1.807, 2.05) is 18.2 Å². The van der Waals surface area contributed by atoms with Gasteiger partial charge in [-0.3, -0.25) is 0 Å². The Hall–Kier alpha value is -4.79. The van der Waals surface area contributed by atoms with Crippen molar-refractivity contribution in [1.29, 1.82) is 0 Å². The van der Waals surface area contributed by atoms with E-state index >= 15 is 0 Å². The largest absolute Gasteiger partial charge is 0.227 e. The highest BCUT2D eigenvalue weighted by molar-refractivity contribution is 6.31. The molecular weight excluding hydrogens is 556 g/mol. The van der Waals surface area contributed by atoms with E-state index in [1.165, 1.54) is 11.1 Å². The summed E-state index contributed by atoms with van der Waals surface area (Å²) in [5, 5.41) is 3.98. The summed E-state index contributed by atoms with van der Waals surface area (Å²) < 4.78 is 0. The normalized spacial score (nSPS) is 22.0. The molecule has 3 heteroatoms. The first-order chi connectivity index (χ1) is 21.6. The summed E-state index contributed by atoms with van der Waals surface area (Å²) in [6, 6.07) is 29.2. The number of rotatable bonds is 5. The summed E-state index contributed by atoms with van der Waals surface area (Å²) in [6.07, 6.45) is 23.8. The van der Waals surface area contributed by atoms with E-state index in [4.69, 9.17) is 21.6 Å². The molecule has 4 aromatic carbocycles. The van der Waals surface area contributed by atoms with Gasteiger partial charge < -0.3 is 0 Å². The zero-order valence-corrected chi connectivity index (χ0v) is 25.2. The molecule has 0 N–H and O–H groups in total. The summed E-state index contributed by atoms with van der Waals surface area (Å²) in [6.45, 7) is 2.34. The second-order valence-corrected chi connectivity index (χ2v) is 12.6. The van der Waals surface area contributed by atoms with Gasteiger partial charge in [0, 0.05) is 44.2 Å². The maximum atomic E-state index is 6.73. The van der Waals surface area contributed by atoms with Crippen molar-refractivity contribution < 1.29 is 0 Å². The van der Waals surface area contributed by atoms with Crippen LogP contribution in [-0.2, 0) is 0 Å². The Kier molecular flexibility index (Phi) is 6.54. The van der Waals surface area contributed by atoms with Crippen LogP contribution in [0.5, 0.6) is 0 Å². The van der Waals surface area contributed by atoms with Crippen molar-refractivity contribution in [2.24, 2.45) is 17.3 Å². The molecule has 0 fully saturated rings. The van der Waals surface area contributed by atoms with Gasteiger partial charge in [0.2, 0.25) is 0 Å². The number of fused-ring (bicyclic) bond motifs is 3. The lowest BCUT2D eigenvalue weighted by atomic mass is 9.59. The predicted molar refractivity (Wildman–Crippen MR) is 185 cm³/mol. The van der Waals surface area contributed by atoms with Gasteiger partial charge in [-0.05, 0) is 47.2 Å². The molecule has 44 heavy (non-hydrogen) atoms. The van der Waals surface area contributed by atoms with Crippen LogP contribution < -0.4 is 0 Å². The molecule has 3 aliphatic carbocycles. The van der Waals surface area contributed by atoms with E-state index in [0.717, 1.165) is 50.5 Å². The van der Waals surface area contributed by atoms with Gasteiger partial charge in [0.15, 0.2) is 5.82 Å². The SMILES string of the molecule is CC12C=CC=C3C=CC=C(C(C/C=C/c4cc(Cl)cc(-c5nc(-c6ccccc6)c6ccc7ccccc7c6n5)c4)C=C1)C32. The first-order valence-corrected chi connectivity index (χ1v) is 15.6. The van der Waals surface area contributed by atoms with Crippen LogP contribution in [0.3, 0.4) is 0 Å². The van der Waals surface area contributed by atoms with Crippen LogP contribution in [0.15, 0.2) is 151 Å². The standard InChI is InChI=1S/C41H31ClN2/c1-41-22-9-16-30-15-8-18-34(37(30)41)29(21-23-41)14-7-10-27-24-32(26-33(42)25-27)40-43-38(31-12-3-2-4-13-31)36-20-19-28-11-5-6-17-35(28)39(36)44-40/h2-13,15-26,29,37H,14H2,1H3/b10-7+. The van der Waals surface area contributed by atoms with Gasteiger partial charge in [0.25, 0.3) is 0 Å². The van der Waals surface area contributed by atoms with Crippen molar-refractivity contribution in [2.75, 3.05) is 0 Å². The number of nitrogens with zero attached hydrogens (tertiary/aromatic N) is 2. The molecule has 3 unspecified atom stereocenters. The maximum Gasteiger partial charge on any atom is 0.160 e. The Bertz CT molecular complexity index is 2130. The fourth-order valence-corrected chi connectivity index (χ4v) is 7.37. The molecule has 0 spiro atoms. The van der Waals surface area contributed by atoms with Crippen molar-refractivity contribution in [1.82, 2.24) is 9.97 Å². The molecule has 5 aromatic rings. The van der Waals surface area contributed by atoms with E-state index < -0.39 is 0 Å². The van der Waals surface area contributed by atoms with Crippen molar-refractivity contribution in [3.05, 3.63) is 161 Å². The second-order valence-electron chi connectivity index (χ2n) is 12.2. The Morgan fingerprint density at radius 2 is 1.68 bits per heavy atom. The van der Waals surface area contributed by atoms with Gasteiger partial charge in [-0.15, -0.1) is 0 Å². The molecular formula is C41H31ClN2. The lowest BCUT2D eigenvalue weighted by Gasteiger charge is -2.44. The number of halogens is 1. The number of hydrogen-bond donors (Lipinski definition) is 0. The zero-order valence-electron chi connectivity index (χ0n) is 24.5. The molecule has 0 bridgehead atoms. The molecule has 8 rings (SSSR count). The van der Waals surface area contributed by atoms with Crippen LogP contribution in [0, 0.1) is 17.3 Å². The minimum Gasteiger partial charge on any atom is -0.227 e. The monoisotopic (exact) mass is 586 g/mol. The number of aromatic nitrogens is 2. The molecule has 0 aliphatic heterocycles. The van der Waals surface area contributed by atoms with Crippen molar-refractivity contribution in [2.45, 2.75) is 13.3 Å². The van der Waals surface area contributed by atoms with Gasteiger partial charge in [-0.1, -0.05) is 146 Å². The van der Waals surface area contributed by atoms with Crippen LogP contribution >= 0.6 is 11.6 Å². The second kappa shape index (κ2) is 10.7. The third-order valence-corrected chi connectivity index (χ3v) is 9.46. The zero-order chi connectivity index (χ0) is 29.7. The van der Waals surface area contributed by atoms with Crippen LogP contribution in [0.2, 0.25) is 5.02 Å². The van der Waals surface area contributed by atoms with Crippen LogP contribution in [0.25, 0.3) is 50.4 Å². The fourth-order valence-electron chi connectivity index (χ4n) is 7.12. The van der Waals surface area contributed by atoms with Crippen LogP contribution in [-0.4, -0.2) is 9.97 Å². The predicted octanol–water partition coefficient (Wildman–Crippen LogP) is 11.0. The van der Waals surface area contributed by atoms with E-state index in [0.29, 0.717) is 22.7 Å². The summed E-state index contributed by atoms with van der Waals surface area (Å²) in [7, 11) is 0. The smallest absolute Gasteiger partial charge is 0.160 e. The molecule has 0 amide bonds. The Morgan fingerprint density at radius 1 is 0.818 bits per heavy atom. The van der Waals surface area contributed by atoms with E-state index in [9.17, 15) is 0 Å². The highest BCUT2D eigenvalue weighted by Crippen LogP contribution is 2.51. The number of allylic oxidation sites excluding steroid dienone is 11. The average molecular weight is 587 g/mol. The number of hydrogen-bond acceptors (Lipinski definition) is 2. The van der Waals surface area contributed by atoms with Gasteiger partial charge in [-0.25, -0.2) is 9.97 Å². The summed E-state index contributed by atoms with van der Waals surface area (Å²) >= 11 is 6.73. The lowest BCUT2D eigenvalue weighted by molar-refractivity contribution is 0.378. The molecule has 2 nitrogen and oxygen atoms in total. The Balaban J connectivity index is 1.16. The van der Waals surface area contributed by atoms with Gasteiger partial charge in [-0.2, -0.15) is 0 Å². The quantitative estimate of drug-likeness (QED) is 0.151. The third kappa shape index (κ3) is 4.67. The van der Waals surface area contributed by atoms with Gasteiger partial charge >= 0.3 is 0 Å². The maximum absolute atomic E-state index is 6.73. The molecule has 212 valence electrons. The summed E-state index contributed by atoms with van der Waals surface area (Å²) in [4.78, 5) is 10.3. The molecule has 0 saturated carbocycles. The van der Waals surface area contributed by atoms with Gasteiger partial charge in [0.05, 0.1) is 11.2 Å². The Morgan fingerprint density at radius 3 is 2.59 bits per heavy atom. The third-order valence-electron chi connectivity index (χ3n) is 9.24. The molecule has 3 atom stereocenters. The van der Waals surface area contributed by atoms with Crippen molar-refractivity contribution >= 4 is 39.4 Å². The molecule has 0 saturated heterocycles.